The van der Waals surface area contributed by atoms with Gasteiger partial charge in [-0.05, 0) is 93.1 Å². The SMILES string of the molecule is C\C=C/C=C\C=C\C1=NC2(CCCCC2)N(CC(CCC(C)(C)C)c2ccc(C(=O)NCCC(O)=C3CC3)cc2)C1=O. The van der Waals surface area contributed by atoms with E-state index in [0.717, 1.165) is 62.5 Å². The summed E-state index contributed by atoms with van der Waals surface area (Å²) in [5, 5.41) is 12.9. The molecule has 1 aliphatic heterocycles. The molecule has 42 heavy (non-hydrogen) atoms. The predicted molar refractivity (Wildman–Crippen MR) is 172 cm³/mol. The van der Waals surface area contributed by atoms with Crippen LogP contribution < -0.4 is 5.32 Å². The molecule has 6 nitrogen and oxygen atoms in total. The lowest BCUT2D eigenvalue weighted by atomic mass is 9.82. The zero-order valence-electron chi connectivity index (χ0n) is 26.0. The minimum atomic E-state index is -0.455. The Morgan fingerprint density at radius 3 is 2.40 bits per heavy atom. The molecule has 2 amide bonds. The van der Waals surface area contributed by atoms with E-state index in [1.165, 1.54) is 6.42 Å². The van der Waals surface area contributed by atoms with E-state index in [4.69, 9.17) is 4.99 Å². The number of aliphatic imine (C=N–C) groups is 1. The molecule has 3 aliphatic rings. The van der Waals surface area contributed by atoms with Crippen LogP contribution in [0.1, 0.15) is 114 Å². The van der Waals surface area contributed by atoms with Crippen LogP contribution in [0.3, 0.4) is 0 Å². The third-order valence-corrected chi connectivity index (χ3v) is 8.57. The molecule has 0 saturated heterocycles. The van der Waals surface area contributed by atoms with Crippen molar-refractivity contribution >= 4 is 17.5 Å². The van der Waals surface area contributed by atoms with Crippen LogP contribution in [0, 0.1) is 5.41 Å². The number of amides is 2. The Morgan fingerprint density at radius 2 is 1.76 bits per heavy atom. The molecule has 2 aliphatic carbocycles. The third-order valence-electron chi connectivity index (χ3n) is 8.57. The Kier molecular flexibility index (Phi) is 10.6. The number of rotatable bonds is 12. The van der Waals surface area contributed by atoms with Crippen molar-refractivity contribution in [2.24, 2.45) is 10.4 Å². The van der Waals surface area contributed by atoms with E-state index in [2.05, 4.69) is 31.0 Å². The fraction of sp³-hybridized carbons (Fsp3) is 0.528. The molecular weight excluding hydrogens is 522 g/mol. The topological polar surface area (TPSA) is 82.0 Å². The van der Waals surface area contributed by atoms with E-state index >= 15 is 0 Å². The Balaban J connectivity index is 1.51. The number of carbonyl (C=O) groups is 2. The largest absolute Gasteiger partial charge is 0.512 e. The smallest absolute Gasteiger partial charge is 0.274 e. The van der Waals surface area contributed by atoms with Crippen LogP contribution in [-0.4, -0.2) is 46.3 Å². The van der Waals surface area contributed by atoms with Crippen LogP contribution in [0.4, 0.5) is 0 Å². The van der Waals surface area contributed by atoms with Crippen LogP contribution in [0.5, 0.6) is 0 Å². The fourth-order valence-corrected chi connectivity index (χ4v) is 5.93. The zero-order chi connectivity index (χ0) is 30.2. The van der Waals surface area contributed by atoms with Gasteiger partial charge in [0.2, 0.25) is 0 Å². The molecule has 2 saturated carbocycles. The van der Waals surface area contributed by atoms with Crippen molar-refractivity contribution in [3.63, 3.8) is 0 Å². The van der Waals surface area contributed by atoms with Crippen LogP contribution >= 0.6 is 0 Å². The second-order valence-electron chi connectivity index (χ2n) is 13.2. The van der Waals surface area contributed by atoms with Gasteiger partial charge in [0, 0.05) is 31.0 Å². The van der Waals surface area contributed by atoms with Gasteiger partial charge in [-0.25, -0.2) is 0 Å². The Hall–Kier alpha value is -3.41. The first kappa shape index (κ1) is 31.5. The van der Waals surface area contributed by atoms with Gasteiger partial charge in [0.15, 0.2) is 0 Å². The highest BCUT2D eigenvalue weighted by atomic mass is 16.3. The van der Waals surface area contributed by atoms with Crippen molar-refractivity contribution in [1.82, 2.24) is 10.2 Å². The monoisotopic (exact) mass is 571 g/mol. The summed E-state index contributed by atoms with van der Waals surface area (Å²) in [6, 6.07) is 7.87. The van der Waals surface area contributed by atoms with Crippen molar-refractivity contribution in [1.29, 1.82) is 0 Å². The lowest BCUT2D eigenvalue weighted by Crippen LogP contribution is -2.49. The maximum absolute atomic E-state index is 13.8. The molecule has 1 spiro atoms. The van der Waals surface area contributed by atoms with Crippen LogP contribution in [0.15, 0.2) is 77.0 Å². The number of aliphatic hydroxyl groups is 1. The Labute approximate surface area is 252 Å². The summed E-state index contributed by atoms with van der Waals surface area (Å²) < 4.78 is 0. The third kappa shape index (κ3) is 8.56. The molecule has 2 fully saturated rings. The van der Waals surface area contributed by atoms with Crippen LogP contribution in [0.25, 0.3) is 0 Å². The summed E-state index contributed by atoms with van der Waals surface area (Å²) in [5.74, 6) is 0.450. The van der Waals surface area contributed by atoms with Gasteiger partial charge in [-0.2, -0.15) is 0 Å². The predicted octanol–water partition coefficient (Wildman–Crippen LogP) is 7.95. The van der Waals surface area contributed by atoms with E-state index in [-0.39, 0.29) is 23.1 Å². The second-order valence-corrected chi connectivity index (χ2v) is 13.2. The molecule has 6 heteroatoms. The number of nitrogens with one attached hydrogen (secondary N) is 1. The van der Waals surface area contributed by atoms with E-state index in [9.17, 15) is 14.7 Å². The zero-order valence-corrected chi connectivity index (χ0v) is 26.0. The van der Waals surface area contributed by atoms with Crippen molar-refractivity contribution in [2.45, 2.75) is 103 Å². The number of hydrogen-bond donors (Lipinski definition) is 2. The number of carbonyl (C=O) groups excluding carboxylic acids is 2. The maximum atomic E-state index is 13.8. The molecule has 226 valence electrons. The first-order valence-corrected chi connectivity index (χ1v) is 15.8. The lowest BCUT2D eigenvalue weighted by molar-refractivity contribution is -0.129. The highest BCUT2D eigenvalue weighted by Crippen LogP contribution is 2.41. The number of allylic oxidation sites excluding steroid dienone is 6. The minimum absolute atomic E-state index is 0.0220. The van der Waals surface area contributed by atoms with Gasteiger partial charge < -0.3 is 15.3 Å². The van der Waals surface area contributed by atoms with Crippen molar-refractivity contribution < 1.29 is 14.7 Å². The van der Waals surface area contributed by atoms with Crippen molar-refractivity contribution in [3.8, 4) is 0 Å². The summed E-state index contributed by atoms with van der Waals surface area (Å²) in [6.07, 6.45) is 21.1. The fourth-order valence-electron chi connectivity index (χ4n) is 5.93. The minimum Gasteiger partial charge on any atom is -0.512 e. The molecule has 1 atom stereocenters. The summed E-state index contributed by atoms with van der Waals surface area (Å²) >= 11 is 0. The lowest BCUT2D eigenvalue weighted by Gasteiger charge is -2.41. The highest BCUT2D eigenvalue weighted by molar-refractivity contribution is 6.44. The molecule has 1 aromatic carbocycles. The van der Waals surface area contributed by atoms with Gasteiger partial charge in [-0.3, -0.25) is 14.6 Å². The van der Waals surface area contributed by atoms with Gasteiger partial charge in [0.25, 0.3) is 11.8 Å². The number of aliphatic hydroxyl groups excluding tert-OH is 1. The van der Waals surface area contributed by atoms with E-state index in [0.29, 0.717) is 36.5 Å². The van der Waals surface area contributed by atoms with Gasteiger partial charge in [-0.1, -0.05) is 69.7 Å². The highest BCUT2D eigenvalue weighted by Gasteiger charge is 2.47. The van der Waals surface area contributed by atoms with E-state index < -0.39 is 5.66 Å². The summed E-state index contributed by atoms with van der Waals surface area (Å²) in [6.45, 7) is 9.78. The average molecular weight is 572 g/mol. The van der Waals surface area contributed by atoms with Gasteiger partial charge >= 0.3 is 0 Å². The Bertz CT molecular complexity index is 1250. The molecule has 1 unspecified atom stereocenters. The molecular formula is C36H49N3O3. The average Bonchev–Trinajstić information content (AvgIpc) is 3.79. The number of nitrogens with zero attached hydrogens (tertiary/aromatic N) is 2. The summed E-state index contributed by atoms with van der Waals surface area (Å²) in [4.78, 5) is 33.8. The first-order valence-electron chi connectivity index (χ1n) is 15.8. The molecule has 2 N–H and O–H groups in total. The van der Waals surface area contributed by atoms with E-state index in [1.807, 2.05) is 67.6 Å². The number of hydrogen-bond acceptors (Lipinski definition) is 4. The quantitative estimate of drug-likeness (QED) is 0.197. The van der Waals surface area contributed by atoms with Crippen LogP contribution in [0.2, 0.25) is 0 Å². The number of benzene rings is 1. The van der Waals surface area contributed by atoms with Gasteiger partial charge in [0.05, 0.1) is 5.76 Å². The summed E-state index contributed by atoms with van der Waals surface area (Å²) in [7, 11) is 0. The molecule has 4 rings (SSSR count). The standard InChI is InChI=1S/C36H49N3O3/c1-5-6-7-8-10-13-31-34(42)39(36(38-31)22-11-9-12-23-36)26-30(20-24-35(2,3)4)27-14-18-29(19-15-27)33(41)37-25-21-32(40)28-16-17-28/h5-8,10,13-15,18-19,30,40H,9,11-12,16-17,20-26H2,1-4H3,(H,37,41)/b6-5-,8-7-,13-10+. The van der Waals surface area contributed by atoms with E-state index in [1.54, 1.807) is 0 Å². The summed E-state index contributed by atoms with van der Waals surface area (Å²) in [5.41, 5.74) is 3.12. The molecule has 0 bridgehead atoms. The van der Waals surface area contributed by atoms with Gasteiger partial charge in [0.1, 0.15) is 11.4 Å². The molecule has 1 heterocycles. The van der Waals surface area contributed by atoms with Crippen molar-refractivity contribution in [3.05, 3.63) is 83.2 Å². The van der Waals surface area contributed by atoms with Crippen LogP contribution in [-0.2, 0) is 4.79 Å². The molecule has 0 aromatic heterocycles. The second kappa shape index (κ2) is 14.2. The molecule has 0 radical (unpaired) electrons. The molecule has 1 aromatic rings. The Morgan fingerprint density at radius 1 is 1.07 bits per heavy atom. The van der Waals surface area contributed by atoms with Gasteiger partial charge in [-0.15, -0.1) is 0 Å². The normalized spacial score (nSPS) is 19.3. The van der Waals surface area contributed by atoms with Crippen molar-refractivity contribution in [2.75, 3.05) is 13.1 Å². The first-order chi connectivity index (χ1) is 20.1. The maximum Gasteiger partial charge on any atom is 0.274 e.